The highest BCUT2D eigenvalue weighted by Crippen LogP contribution is 2.32. The molecular weight excluding hydrogens is 244 g/mol. The van der Waals surface area contributed by atoms with Gasteiger partial charge in [-0.15, -0.1) is 5.10 Å². The molecule has 0 aliphatic heterocycles. The Labute approximate surface area is 113 Å². The van der Waals surface area contributed by atoms with Crippen LogP contribution in [0.4, 0.5) is 5.95 Å². The van der Waals surface area contributed by atoms with Crippen LogP contribution in [0.15, 0.2) is 6.33 Å². The van der Waals surface area contributed by atoms with Gasteiger partial charge in [0.25, 0.3) is 0 Å². The molecule has 0 saturated heterocycles. The van der Waals surface area contributed by atoms with Gasteiger partial charge in [0.15, 0.2) is 0 Å². The zero-order chi connectivity index (χ0) is 13.9. The summed E-state index contributed by atoms with van der Waals surface area (Å²) in [6.45, 7) is 0.844. The Morgan fingerprint density at radius 1 is 1.53 bits per heavy atom. The molecule has 1 aromatic heterocycles. The van der Waals surface area contributed by atoms with Crippen molar-refractivity contribution in [2.24, 2.45) is 0 Å². The lowest BCUT2D eigenvalue weighted by atomic mass is 9.96. The molecule has 0 bridgehead atoms. The molecule has 7 heteroatoms. The van der Waals surface area contributed by atoms with Crippen LogP contribution in [0.1, 0.15) is 25.7 Å². The number of hydrogen-bond donors (Lipinski definition) is 2. The number of anilines is 1. The molecule has 1 aliphatic rings. The minimum absolute atomic E-state index is 0.0574. The van der Waals surface area contributed by atoms with E-state index in [1.807, 2.05) is 0 Å². The van der Waals surface area contributed by atoms with Crippen LogP contribution in [-0.2, 0) is 11.3 Å². The van der Waals surface area contributed by atoms with E-state index in [2.05, 4.69) is 34.4 Å². The summed E-state index contributed by atoms with van der Waals surface area (Å²) in [6.07, 6.45) is 6.20. The number of aromatic nitrogens is 3. The molecule has 19 heavy (non-hydrogen) atoms. The van der Waals surface area contributed by atoms with Crippen LogP contribution >= 0.6 is 0 Å². The van der Waals surface area contributed by atoms with Crippen LogP contribution in [-0.4, -0.2) is 51.8 Å². The van der Waals surface area contributed by atoms with Crippen molar-refractivity contribution in [3.05, 3.63) is 6.33 Å². The molecule has 1 saturated carbocycles. The second kappa shape index (κ2) is 5.56. The largest absolute Gasteiger partial charge is 0.367 e. The number of amides is 1. The lowest BCUT2D eigenvalue weighted by Crippen LogP contribution is -2.51. The smallest absolute Gasteiger partial charge is 0.241 e. The summed E-state index contributed by atoms with van der Waals surface area (Å²) in [5.74, 6) is 0.131. The van der Waals surface area contributed by atoms with Gasteiger partial charge >= 0.3 is 0 Å². The quantitative estimate of drug-likeness (QED) is 0.773. The van der Waals surface area contributed by atoms with Gasteiger partial charge in [-0.05, 0) is 26.9 Å². The molecule has 0 unspecified atom stereocenters. The van der Waals surface area contributed by atoms with E-state index >= 15 is 0 Å². The molecule has 106 valence electrons. The topological polar surface area (TPSA) is 89.1 Å². The molecule has 1 amide bonds. The van der Waals surface area contributed by atoms with Crippen LogP contribution in [0.5, 0.6) is 0 Å². The molecule has 2 rings (SSSR count). The first kappa shape index (κ1) is 13.8. The normalized spacial score (nSPS) is 17.8. The third-order valence-electron chi connectivity index (χ3n) is 3.96. The molecule has 0 aromatic carbocycles. The molecule has 0 atom stereocenters. The molecule has 1 heterocycles. The Kier molecular flexibility index (Phi) is 4.04. The SMILES string of the molecule is CN(C)C1(CNC(=O)Cn2cnc(N)n2)CCCC1. The second-order valence-corrected chi connectivity index (χ2v) is 5.40. The molecule has 1 aliphatic carbocycles. The highest BCUT2D eigenvalue weighted by molar-refractivity contribution is 5.75. The van der Waals surface area contributed by atoms with Crippen LogP contribution in [0.25, 0.3) is 0 Å². The Hall–Kier alpha value is -1.63. The van der Waals surface area contributed by atoms with Gasteiger partial charge in [0, 0.05) is 12.1 Å². The highest BCUT2D eigenvalue weighted by Gasteiger charge is 2.36. The summed E-state index contributed by atoms with van der Waals surface area (Å²) < 4.78 is 1.45. The maximum atomic E-state index is 11.9. The summed E-state index contributed by atoms with van der Waals surface area (Å²) in [5, 5.41) is 6.89. The Morgan fingerprint density at radius 2 is 2.21 bits per heavy atom. The van der Waals surface area contributed by atoms with E-state index in [4.69, 9.17) is 5.73 Å². The minimum Gasteiger partial charge on any atom is -0.367 e. The van der Waals surface area contributed by atoms with Gasteiger partial charge < -0.3 is 16.0 Å². The average Bonchev–Trinajstić information content (AvgIpc) is 2.97. The molecule has 1 fully saturated rings. The van der Waals surface area contributed by atoms with E-state index in [9.17, 15) is 4.79 Å². The van der Waals surface area contributed by atoms with Crippen molar-refractivity contribution in [3.8, 4) is 0 Å². The van der Waals surface area contributed by atoms with E-state index in [0.29, 0.717) is 6.54 Å². The van der Waals surface area contributed by atoms with Gasteiger partial charge in [-0.2, -0.15) is 0 Å². The fourth-order valence-corrected chi connectivity index (χ4v) is 2.67. The number of carbonyl (C=O) groups is 1. The second-order valence-electron chi connectivity index (χ2n) is 5.40. The van der Waals surface area contributed by atoms with E-state index < -0.39 is 0 Å². The van der Waals surface area contributed by atoms with Gasteiger partial charge in [0.1, 0.15) is 12.9 Å². The van der Waals surface area contributed by atoms with E-state index in [-0.39, 0.29) is 23.9 Å². The monoisotopic (exact) mass is 266 g/mol. The van der Waals surface area contributed by atoms with Crippen molar-refractivity contribution >= 4 is 11.9 Å². The number of nitrogens with zero attached hydrogens (tertiary/aromatic N) is 4. The molecule has 0 radical (unpaired) electrons. The molecule has 1 aromatic rings. The summed E-state index contributed by atoms with van der Waals surface area (Å²) in [5.41, 5.74) is 5.52. The first-order valence-electron chi connectivity index (χ1n) is 6.61. The Bertz CT molecular complexity index is 435. The van der Waals surface area contributed by atoms with Gasteiger partial charge in [-0.25, -0.2) is 9.67 Å². The number of carbonyl (C=O) groups excluding carboxylic acids is 1. The van der Waals surface area contributed by atoms with Crippen LogP contribution in [0.3, 0.4) is 0 Å². The van der Waals surface area contributed by atoms with Crippen LogP contribution < -0.4 is 11.1 Å². The van der Waals surface area contributed by atoms with Crippen molar-refractivity contribution in [2.75, 3.05) is 26.4 Å². The van der Waals surface area contributed by atoms with Crippen molar-refractivity contribution in [1.29, 1.82) is 0 Å². The molecule has 7 nitrogen and oxygen atoms in total. The van der Waals surface area contributed by atoms with Crippen molar-refractivity contribution < 1.29 is 4.79 Å². The molecule has 0 spiro atoms. The van der Waals surface area contributed by atoms with Crippen molar-refractivity contribution in [1.82, 2.24) is 25.0 Å². The standard InChI is InChI=1S/C12H22N6O/c1-17(2)12(5-3-4-6-12)8-14-10(19)7-18-9-15-11(13)16-18/h9H,3-8H2,1-2H3,(H2,13,16)(H,14,19). The van der Waals surface area contributed by atoms with E-state index in [1.165, 1.54) is 23.9 Å². The lowest BCUT2D eigenvalue weighted by Gasteiger charge is -2.36. The first-order chi connectivity index (χ1) is 9.02. The van der Waals surface area contributed by atoms with E-state index in [1.54, 1.807) is 0 Å². The molecular formula is C12H22N6O. The maximum absolute atomic E-state index is 11.9. The van der Waals surface area contributed by atoms with Crippen LogP contribution in [0, 0.1) is 0 Å². The summed E-state index contributed by atoms with van der Waals surface area (Å²) in [6, 6.07) is 0. The van der Waals surface area contributed by atoms with Gasteiger partial charge in [0.2, 0.25) is 11.9 Å². The number of rotatable bonds is 5. The number of likely N-dealkylation sites (N-methyl/N-ethyl adjacent to an activating group) is 1. The first-order valence-corrected chi connectivity index (χ1v) is 6.61. The predicted molar refractivity (Wildman–Crippen MR) is 72.3 cm³/mol. The Morgan fingerprint density at radius 3 is 2.74 bits per heavy atom. The fourth-order valence-electron chi connectivity index (χ4n) is 2.67. The number of nitrogen functional groups attached to an aromatic ring is 1. The third-order valence-corrected chi connectivity index (χ3v) is 3.96. The number of hydrogen-bond acceptors (Lipinski definition) is 5. The van der Waals surface area contributed by atoms with Crippen LogP contribution in [0.2, 0.25) is 0 Å². The zero-order valence-corrected chi connectivity index (χ0v) is 11.6. The summed E-state index contributed by atoms with van der Waals surface area (Å²) >= 11 is 0. The fraction of sp³-hybridized carbons (Fsp3) is 0.750. The van der Waals surface area contributed by atoms with Gasteiger partial charge in [-0.3, -0.25) is 4.79 Å². The average molecular weight is 266 g/mol. The lowest BCUT2D eigenvalue weighted by molar-refractivity contribution is -0.122. The highest BCUT2D eigenvalue weighted by atomic mass is 16.2. The number of nitrogens with one attached hydrogen (secondary N) is 1. The van der Waals surface area contributed by atoms with E-state index in [0.717, 1.165) is 12.8 Å². The minimum atomic E-state index is -0.0574. The maximum Gasteiger partial charge on any atom is 0.241 e. The van der Waals surface area contributed by atoms with Gasteiger partial charge in [-0.1, -0.05) is 12.8 Å². The summed E-state index contributed by atoms with van der Waals surface area (Å²) in [7, 11) is 4.16. The number of nitrogens with two attached hydrogens (primary N) is 1. The Balaban J connectivity index is 1.85. The van der Waals surface area contributed by atoms with Gasteiger partial charge in [0.05, 0.1) is 0 Å². The predicted octanol–water partition coefficient (Wildman–Crippen LogP) is -0.149. The summed E-state index contributed by atoms with van der Waals surface area (Å²) in [4.78, 5) is 17.9. The van der Waals surface area contributed by atoms with Crippen molar-refractivity contribution in [2.45, 2.75) is 37.8 Å². The third kappa shape index (κ3) is 3.23. The zero-order valence-electron chi connectivity index (χ0n) is 11.6. The molecule has 3 N–H and O–H groups in total. The van der Waals surface area contributed by atoms with Crippen molar-refractivity contribution in [3.63, 3.8) is 0 Å².